The highest BCUT2D eigenvalue weighted by Crippen LogP contribution is 2.50. The van der Waals surface area contributed by atoms with Gasteiger partial charge in [-0.15, -0.1) is 0 Å². The number of nitrogens with two attached hydrogens (primary N) is 1. The molecule has 7 heteroatoms. The number of rotatable bonds is 7. The van der Waals surface area contributed by atoms with E-state index >= 15 is 0 Å². The molecule has 2 atom stereocenters. The van der Waals surface area contributed by atoms with Crippen LogP contribution in [-0.2, 0) is 9.53 Å². The third kappa shape index (κ3) is 3.09. The number of primary amides is 1. The van der Waals surface area contributed by atoms with E-state index < -0.39 is 5.54 Å². The molecule has 0 unspecified atom stereocenters. The average Bonchev–Trinajstić information content (AvgIpc) is 2.99. The number of imidazole rings is 1. The summed E-state index contributed by atoms with van der Waals surface area (Å²) in [4.78, 5) is 21.3. The molecule has 0 bridgehead atoms. The van der Waals surface area contributed by atoms with Crippen LogP contribution in [0.4, 0.5) is 0 Å². The van der Waals surface area contributed by atoms with E-state index in [-0.39, 0.29) is 11.8 Å². The van der Waals surface area contributed by atoms with Crippen molar-refractivity contribution in [1.29, 1.82) is 0 Å². The van der Waals surface area contributed by atoms with Gasteiger partial charge in [0, 0.05) is 30.9 Å². The molecule has 21 heavy (non-hydrogen) atoms. The van der Waals surface area contributed by atoms with Crippen molar-refractivity contribution >= 4 is 5.91 Å². The Morgan fingerprint density at radius 1 is 1.57 bits per heavy atom. The van der Waals surface area contributed by atoms with Gasteiger partial charge in [0.25, 0.3) is 0 Å². The summed E-state index contributed by atoms with van der Waals surface area (Å²) in [5, 5.41) is 3.37. The Morgan fingerprint density at radius 2 is 2.38 bits per heavy atom. The van der Waals surface area contributed by atoms with Crippen molar-refractivity contribution in [2.24, 2.45) is 5.73 Å². The summed E-state index contributed by atoms with van der Waals surface area (Å²) < 4.78 is 5.33. The highest BCUT2D eigenvalue weighted by atomic mass is 16.5. The normalized spacial score (nSPS) is 29.4. The number of amides is 1. The second kappa shape index (κ2) is 6.13. The lowest BCUT2D eigenvalue weighted by Gasteiger charge is -2.26. The number of nitrogens with zero attached hydrogens (tertiary/aromatic N) is 2. The smallest absolute Gasteiger partial charge is 0.238 e. The van der Waals surface area contributed by atoms with E-state index in [1.165, 1.54) is 0 Å². The van der Waals surface area contributed by atoms with Crippen molar-refractivity contribution in [2.75, 3.05) is 39.4 Å². The zero-order valence-corrected chi connectivity index (χ0v) is 12.2. The number of aromatic nitrogens is 2. The van der Waals surface area contributed by atoms with Gasteiger partial charge in [0.15, 0.2) is 0 Å². The monoisotopic (exact) mass is 293 g/mol. The van der Waals surface area contributed by atoms with Crippen LogP contribution < -0.4 is 11.1 Å². The quantitative estimate of drug-likeness (QED) is 0.585. The molecular formula is C14H23N5O2. The Bertz CT molecular complexity index is 472. The Kier molecular flexibility index (Phi) is 4.23. The summed E-state index contributed by atoms with van der Waals surface area (Å²) in [6.45, 7) is 5.46. The van der Waals surface area contributed by atoms with Gasteiger partial charge in [0.1, 0.15) is 5.54 Å². The molecule has 2 heterocycles. The summed E-state index contributed by atoms with van der Waals surface area (Å²) in [5.41, 5.74) is 5.99. The van der Waals surface area contributed by atoms with Gasteiger partial charge in [-0.05, 0) is 25.9 Å². The Balaban J connectivity index is 1.45. The number of ether oxygens (including phenoxy) is 1. The third-order valence-electron chi connectivity index (χ3n) is 4.49. The lowest BCUT2D eigenvalue weighted by Crippen LogP contribution is -2.46. The molecular weight excluding hydrogens is 270 g/mol. The summed E-state index contributed by atoms with van der Waals surface area (Å²) in [5.74, 6) is -0.144. The Morgan fingerprint density at radius 3 is 3.05 bits per heavy atom. The largest absolute Gasteiger partial charge is 0.379 e. The number of carbonyl (C=O) groups excluding carboxylic acids is 1. The van der Waals surface area contributed by atoms with Crippen LogP contribution in [0.25, 0.3) is 0 Å². The molecule has 1 aromatic rings. The van der Waals surface area contributed by atoms with Crippen LogP contribution in [0.15, 0.2) is 12.5 Å². The van der Waals surface area contributed by atoms with Crippen LogP contribution in [0.2, 0.25) is 0 Å². The average molecular weight is 293 g/mol. The van der Waals surface area contributed by atoms with E-state index in [0.717, 1.165) is 57.9 Å². The van der Waals surface area contributed by atoms with Crippen molar-refractivity contribution in [3.8, 4) is 0 Å². The number of nitrogens with one attached hydrogen (secondary N) is 2. The Hall–Kier alpha value is -1.44. The molecule has 7 nitrogen and oxygen atoms in total. The number of carbonyl (C=O) groups is 1. The second-order valence-corrected chi connectivity index (χ2v) is 5.83. The van der Waals surface area contributed by atoms with E-state index in [9.17, 15) is 4.79 Å². The molecule has 116 valence electrons. The van der Waals surface area contributed by atoms with E-state index in [2.05, 4.69) is 20.2 Å². The van der Waals surface area contributed by atoms with Crippen LogP contribution in [0.3, 0.4) is 0 Å². The third-order valence-corrected chi connectivity index (χ3v) is 4.49. The zero-order chi connectivity index (χ0) is 14.7. The van der Waals surface area contributed by atoms with Gasteiger partial charge in [-0.1, -0.05) is 0 Å². The van der Waals surface area contributed by atoms with Crippen molar-refractivity contribution < 1.29 is 9.53 Å². The summed E-state index contributed by atoms with van der Waals surface area (Å²) >= 11 is 0. The van der Waals surface area contributed by atoms with Crippen molar-refractivity contribution in [2.45, 2.75) is 24.3 Å². The van der Waals surface area contributed by atoms with E-state index in [1.54, 1.807) is 12.5 Å². The van der Waals surface area contributed by atoms with Crippen LogP contribution in [-0.4, -0.2) is 65.7 Å². The lowest BCUT2D eigenvalue weighted by molar-refractivity contribution is -0.121. The first kappa shape index (κ1) is 14.5. The highest BCUT2D eigenvalue weighted by Gasteiger charge is 2.60. The maximum atomic E-state index is 11.8. The number of hydrogen-bond acceptors (Lipinski definition) is 5. The zero-order valence-electron chi connectivity index (χ0n) is 12.2. The number of aromatic amines is 1. The van der Waals surface area contributed by atoms with Gasteiger partial charge in [-0.2, -0.15) is 0 Å². The molecule has 0 radical (unpaired) electrons. The minimum atomic E-state index is -0.586. The minimum absolute atomic E-state index is 0.126. The minimum Gasteiger partial charge on any atom is -0.379 e. The Labute approximate surface area is 124 Å². The highest BCUT2D eigenvalue weighted by molar-refractivity contribution is 5.90. The first-order valence-corrected chi connectivity index (χ1v) is 7.56. The van der Waals surface area contributed by atoms with Gasteiger partial charge in [-0.3, -0.25) is 9.69 Å². The molecule has 1 amide bonds. The van der Waals surface area contributed by atoms with E-state index in [4.69, 9.17) is 10.5 Å². The van der Waals surface area contributed by atoms with Crippen molar-refractivity contribution in [3.63, 3.8) is 0 Å². The first-order chi connectivity index (χ1) is 10.2. The van der Waals surface area contributed by atoms with E-state index in [0.29, 0.717) is 0 Å². The number of H-pyrrole nitrogens is 1. The summed E-state index contributed by atoms with van der Waals surface area (Å²) in [6, 6.07) is 0. The molecule has 3 rings (SSSR count). The topological polar surface area (TPSA) is 96.3 Å². The van der Waals surface area contributed by atoms with E-state index in [1.807, 2.05) is 0 Å². The fourth-order valence-electron chi connectivity index (χ4n) is 3.09. The summed E-state index contributed by atoms with van der Waals surface area (Å²) in [6.07, 6.45) is 5.16. The molecule has 1 saturated heterocycles. The van der Waals surface area contributed by atoms with Crippen molar-refractivity contribution in [3.05, 3.63) is 18.2 Å². The van der Waals surface area contributed by atoms with Gasteiger partial charge in [0.05, 0.1) is 19.5 Å². The standard InChI is InChI=1S/C14H23N5O2/c15-13(20)14(8-11(14)12-9-16-10-17-12)18-2-1-3-19-4-6-21-7-5-19/h9-11,18H,1-8H2,(H2,15,20)(H,16,17)/t11-,14+/m1/s1. The van der Waals surface area contributed by atoms with Crippen LogP contribution in [0.5, 0.6) is 0 Å². The van der Waals surface area contributed by atoms with Crippen LogP contribution in [0, 0.1) is 0 Å². The molecule has 4 N–H and O–H groups in total. The fraction of sp³-hybridized carbons (Fsp3) is 0.714. The lowest BCUT2D eigenvalue weighted by atomic mass is 10.1. The molecule has 0 spiro atoms. The van der Waals surface area contributed by atoms with Gasteiger partial charge >= 0.3 is 0 Å². The second-order valence-electron chi connectivity index (χ2n) is 5.83. The number of hydrogen-bond donors (Lipinski definition) is 3. The maximum Gasteiger partial charge on any atom is 0.238 e. The molecule has 2 aliphatic rings. The van der Waals surface area contributed by atoms with Crippen molar-refractivity contribution in [1.82, 2.24) is 20.2 Å². The molecule has 2 fully saturated rings. The maximum absolute atomic E-state index is 11.8. The molecule has 1 aromatic heterocycles. The summed E-state index contributed by atoms with van der Waals surface area (Å²) in [7, 11) is 0. The van der Waals surface area contributed by atoms with Gasteiger partial charge in [0.2, 0.25) is 5.91 Å². The fourth-order valence-corrected chi connectivity index (χ4v) is 3.09. The predicted molar refractivity (Wildman–Crippen MR) is 77.7 cm³/mol. The van der Waals surface area contributed by atoms with Crippen LogP contribution in [0.1, 0.15) is 24.5 Å². The van der Waals surface area contributed by atoms with Crippen LogP contribution >= 0.6 is 0 Å². The van der Waals surface area contributed by atoms with Gasteiger partial charge in [-0.25, -0.2) is 4.98 Å². The molecule has 0 aromatic carbocycles. The SMILES string of the molecule is NC(=O)[C@]1(NCCCN2CCOCC2)C[C@@H]1c1cnc[nH]1. The van der Waals surface area contributed by atoms with Gasteiger partial charge < -0.3 is 20.8 Å². The molecule has 1 aliphatic carbocycles. The number of morpholine rings is 1. The first-order valence-electron chi connectivity index (χ1n) is 7.56. The molecule has 1 saturated carbocycles. The predicted octanol–water partition coefficient (Wildman–Crippen LogP) is -0.567. The molecule has 1 aliphatic heterocycles.